The SMILES string of the molecule is CCOCC(NC1CC(C)CCC1C(C)C)C(C)C. The van der Waals surface area contributed by atoms with E-state index >= 15 is 0 Å². The van der Waals surface area contributed by atoms with Crippen molar-refractivity contribution in [3.63, 3.8) is 0 Å². The third kappa shape index (κ3) is 5.43. The van der Waals surface area contributed by atoms with Crippen molar-refractivity contribution in [1.29, 1.82) is 0 Å². The first kappa shape index (κ1) is 17.0. The standard InChI is InChI=1S/C17H35NO/c1-7-19-11-17(13(4)5)18-16-10-14(6)8-9-15(16)12(2)3/h12-18H,7-11H2,1-6H3. The minimum absolute atomic E-state index is 0.497. The van der Waals surface area contributed by atoms with Crippen molar-refractivity contribution in [2.75, 3.05) is 13.2 Å². The molecule has 1 aliphatic rings. The van der Waals surface area contributed by atoms with Crippen LogP contribution in [0.4, 0.5) is 0 Å². The molecule has 0 aliphatic heterocycles. The predicted octanol–water partition coefficient (Wildman–Crippen LogP) is 4.10. The molecule has 19 heavy (non-hydrogen) atoms. The van der Waals surface area contributed by atoms with Crippen molar-refractivity contribution in [1.82, 2.24) is 5.32 Å². The van der Waals surface area contributed by atoms with Gasteiger partial charge in [0.1, 0.15) is 0 Å². The van der Waals surface area contributed by atoms with E-state index < -0.39 is 0 Å². The van der Waals surface area contributed by atoms with Crippen LogP contribution in [0.5, 0.6) is 0 Å². The fourth-order valence-electron chi connectivity index (χ4n) is 3.35. The molecule has 0 bridgehead atoms. The minimum atomic E-state index is 0.497. The van der Waals surface area contributed by atoms with Crippen molar-refractivity contribution in [2.45, 2.75) is 72.9 Å². The van der Waals surface area contributed by atoms with Crippen molar-refractivity contribution >= 4 is 0 Å². The van der Waals surface area contributed by atoms with Crippen LogP contribution in [0.1, 0.15) is 60.8 Å². The number of ether oxygens (including phenoxy) is 1. The number of hydrogen-bond acceptors (Lipinski definition) is 2. The summed E-state index contributed by atoms with van der Waals surface area (Å²) in [5.74, 6) is 3.12. The average Bonchev–Trinajstić information content (AvgIpc) is 2.33. The van der Waals surface area contributed by atoms with Gasteiger partial charge in [-0.05, 0) is 43.4 Å². The highest BCUT2D eigenvalue weighted by Gasteiger charge is 2.32. The maximum atomic E-state index is 5.66. The molecule has 1 N–H and O–H groups in total. The zero-order chi connectivity index (χ0) is 14.4. The number of rotatable bonds is 7. The van der Waals surface area contributed by atoms with Gasteiger partial charge in [-0.3, -0.25) is 0 Å². The first-order chi connectivity index (χ1) is 8.95. The van der Waals surface area contributed by atoms with Crippen LogP contribution >= 0.6 is 0 Å². The van der Waals surface area contributed by atoms with Crippen LogP contribution in [0.25, 0.3) is 0 Å². The molecular weight excluding hydrogens is 234 g/mol. The van der Waals surface area contributed by atoms with E-state index in [0.29, 0.717) is 18.0 Å². The Kier molecular flexibility index (Phi) is 7.38. The molecule has 0 aromatic heterocycles. The van der Waals surface area contributed by atoms with E-state index in [1.807, 2.05) is 0 Å². The molecule has 0 aromatic carbocycles. The summed E-state index contributed by atoms with van der Waals surface area (Å²) in [6, 6.07) is 1.17. The van der Waals surface area contributed by atoms with Gasteiger partial charge < -0.3 is 10.1 Å². The maximum Gasteiger partial charge on any atom is 0.0622 e. The highest BCUT2D eigenvalue weighted by molar-refractivity contribution is 4.88. The molecule has 4 atom stereocenters. The molecule has 4 unspecified atom stereocenters. The molecule has 0 amide bonds. The fraction of sp³-hybridized carbons (Fsp3) is 1.00. The van der Waals surface area contributed by atoms with E-state index in [1.54, 1.807) is 0 Å². The molecule has 1 aliphatic carbocycles. The Morgan fingerprint density at radius 2 is 1.84 bits per heavy atom. The van der Waals surface area contributed by atoms with Gasteiger partial charge in [0.25, 0.3) is 0 Å². The molecule has 2 heteroatoms. The van der Waals surface area contributed by atoms with E-state index in [4.69, 9.17) is 4.74 Å². The second kappa shape index (κ2) is 8.26. The predicted molar refractivity (Wildman–Crippen MR) is 83.4 cm³/mol. The van der Waals surface area contributed by atoms with Gasteiger partial charge >= 0.3 is 0 Å². The molecule has 2 nitrogen and oxygen atoms in total. The van der Waals surface area contributed by atoms with Crippen LogP contribution in [0, 0.1) is 23.7 Å². The quantitative estimate of drug-likeness (QED) is 0.751. The summed E-state index contributed by atoms with van der Waals surface area (Å²) in [7, 11) is 0. The van der Waals surface area contributed by atoms with Gasteiger partial charge in [-0.25, -0.2) is 0 Å². The lowest BCUT2D eigenvalue weighted by Crippen LogP contribution is -2.50. The van der Waals surface area contributed by atoms with Gasteiger partial charge in [-0.15, -0.1) is 0 Å². The number of hydrogen-bond donors (Lipinski definition) is 1. The van der Waals surface area contributed by atoms with Crippen molar-refractivity contribution in [2.24, 2.45) is 23.7 Å². The molecule has 1 fully saturated rings. The molecule has 0 heterocycles. The molecule has 0 saturated heterocycles. The van der Waals surface area contributed by atoms with Crippen molar-refractivity contribution in [3.05, 3.63) is 0 Å². The van der Waals surface area contributed by atoms with Crippen LogP contribution in [0.15, 0.2) is 0 Å². The summed E-state index contributed by atoms with van der Waals surface area (Å²) < 4.78 is 5.66. The van der Waals surface area contributed by atoms with Crippen LogP contribution in [-0.4, -0.2) is 25.3 Å². The van der Waals surface area contributed by atoms with Crippen LogP contribution in [-0.2, 0) is 4.74 Å². The van der Waals surface area contributed by atoms with Crippen LogP contribution < -0.4 is 5.32 Å². The van der Waals surface area contributed by atoms with E-state index in [2.05, 4.69) is 46.9 Å². The maximum absolute atomic E-state index is 5.66. The van der Waals surface area contributed by atoms with Gasteiger partial charge in [0.15, 0.2) is 0 Å². The molecule has 0 spiro atoms. The molecule has 114 valence electrons. The summed E-state index contributed by atoms with van der Waals surface area (Å²) in [4.78, 5) is 0. The normalized spacial score (nSPS) is 30.0. The average molecular weight is 269 g/mol. The van der Waals surface area contributed by atoms with Gasteiger partial charge in [0.05, 0.1) is 6.61 Å². The summed E-state index contributed by atoms with van der Waals surface area (Å²) in [6.07, 6.45) is 4.12. The largest absolute Gasteiger partial charge is 0.380 e. The summed E-state index contributed by atoms with van der Waals surface area (Å²) in [5, 5.41) is 3.93. The molecule has 0 radical (unpaired) electrons. The van der Waals surface area contributed by atoms with Crippen LogP contribution in [0.3, 0.4) is 0 Å². The highest BCUT2D eigenvalue weighted by atomic mass is 16.5. The first-order valence-corrected chi connectivity index (χ1v) is 8.29. The lowest BCUT2D eigenvalue weighted by atomic mass is 9.73. The highest BCUT2D eigenvalue weighted by Crippen LogP contribution is 2.34. The second-order valence-electron chi connectivity index (χ2n) is 7.11. The topological polar surface area (TPSA) is 21.3 Å². The summed E-state index contributed by atoms with van der Waals surface area (Å²) >= 11 is 0. The lowest BCUT2D eigenvalue weighted by Gasteiger charge is -2.40. The van der Waals surface area contributed by atoms with Crippen molar-refractivity contribution < 1.29 is 4.74 Å². The third-order valence-corrected chi connectivity index (χ3v) is 4.76. The Labute approximate surface area is 120 Å². The van der Waals surface area contributed by atoms with Gasteiger partial charge in [-0.2, -0.15) is 0 Å². The Morgan fingerprint density at radius 3 is 2.37 bits per heavy atom. The van der Waals surface area contributed by atoms with Crippen molar-refractivity contribution in [3.8, 4) is 0 Å². The monoisotopic (exact) mass is 269 g/mol. The van der Waals surface area contributed by atoms with Gasteiger partial charge in [-0.1, -0.05) is 41.0 Å². The van der Waals surface area contributed by atoms with E-state index in [9.17, 15) is 0 Å². The smallest absolute Gasteiger partial charge is 0.0622 e. The van der Waals surface area contributed by atoms with E-state index in [-0.39, 0.29) is 0 Å². The minimum Gasteiger partial charge on any atom is -0.380 e. The molecular formula is C17H35NO. The number of nitrogens with one attached hydrogen (secondary N) is 1. The fourth-order valence-corrected chi connectivity index (χ4v) is 3.35. The second-order valence-corrected chi connectivity index (χ2v) is 7.11. The molecule has 0 aromatic rings. The Balaban J connectivity index is 2.61. The third-order valence-electron chi connectivity index (χ3n) is 4.76. The Bertz CT molecular complexity index is 239. The Morgan fingerprint density at radius 1 is 1.16 bits per heavy atom. The summed E-state index contributed by atoms with van der Waals surface area (Å²) in [6.45, 7) is 15.5. The van der Waals surface area contributed by atoms with E-state index in [1.165, 1.54) is 19.3 Å². The first-order valence-electron chi connectivity index (χ1n) is 8.29. The lowest BCUT2D eigenvalue weighted by molar-refractivity contribution is 0.0821. The Hall–Kier alpha value is -0.0800. The van der Waals surface area contributed by atoms with E-state index in [0.717, 1.165) is 31.0 Å². The zero-order valence-electron chi connectivity index (χ0n) is 13.9. The van der Waals surface area contributed by atoms with Crippen LogP contribution in [0.2, 0.25) is 0 Å². The summed E-state index contributed by atoms with van der Waals surface area (Å²) in [5.41, 5.74) is 0. The zero-order valence-corrected chi connectivity index (χ0v) is 13.9. The molecule has 1 saturated carbocycles. The van der Waals surface area contributed by atoms with Gasteiger partial charge in [0.2, 0.25) is 0 Å². The van der Waals surface area contributed by atoms with Gasteiger partial charge in [0, 0.05) is 18.7 Å². The molecule has 1 rings (SSSR count).